The van der Waals surface area contributed by atoms with Crippen molar-refractivity contribution in [1.29, 1.82) is 0 Å². The molecule has 1 aromatic carbocycles. The van der Waals surface area contributed by atoms with E-state index in [0.29, 0.717) is 11.7 Å². The number of phenolic OH excluding ortho intramolecular Hbond substituents is 1. The SMILES string of the molecule is CC(C)(C)c1cc([C@H](N)C2CCNCC2)c(O)c(C(C)(C)C)c1. The Morgan fingerprint density at radius 3 is 2.09 bits per heavy atom. The van der Waals surface area contributed by atoms with Gasteiger partial charge in [0, 0.05) is 11.6 Å². The molecule has 3 heteroatoms. The van der Waals surface area contributed by atoms with E-state index < -0.39 is 0 Å². The Morgan fingerprint density at radius 1 is 1.04 bits per heavy atom. The van der Waals surface area contributed by atoms with Gasteiger partial charge in [-0.25, -0.2) is 0 Å². The Balaban J connectivity index is 2.52. The normalized spacial score (nSPS) is 18.9. The van der Waals surface area contributed by atoms with Crippen LogP contribution in [-0.4, -0.2) is 18.2 Å². The van der Waals surface area contributed by atoms with Crippen molar-refractivity contribution in [3.05, 3.63) is 28.8 Å². The molecule has 0 aliphatic carbocycles. The predicted molar refractivity (Wildman–Crippen MR) is 98.0 cm³/mol. The molecule has 1 aliphatic heterocycles. The number of nitrogens with one attached hydrogen (secondary N) is 1. The molecule has 4 N–H and O–H groups in total. The minimum absolute atomic E-state index is 0.0380. The van der Waals surface area contributed by atoms with Gasteiger partial charge in [-0.1, -0.05) is 47.6 Å². The highest BCUT2D eigenvalue weighted by molar-refractivity contribution is 5.50. The fourth-order valence-electron chi connectivity index (χ4n) is 3.37. The van der Waals surface area contributed by atoms with Gasteiger partial charge in [0.15, 0.2) is 0 Å². The van der Waals surface area contributed by atoms with Crippen molar-refractivity contribution < 1.29 is 5.11 Å². The maximum Gasteiger partial charge on any atom is 0.124 e. The summed E-state index contributed by atoms with van der Waals surface area (Å²) in [7, 11) is 0. The van der Waals surface area contributed by atoms with Crippen molar-refractivity contribution in [2.45, 2.75) is 71.3 Å². The highest BCUT2D eigenvalue weighted by Gasteiger charge is 2.30. The quantitative estimate of drug-likeness (QED) is 0.773. The Labute approximate surface area is 141 Å². The Morgan fingerprint density at radius 2 is 1.61 bits per heavy atom. The molecule has 1 aromatic rings. The molecule has 130 valence electrons. The van der Waals surface area contributed by atoms with Crippen LogP contribution in [0.2, 0.25) is 0 Å². The van der Waals surface area contributed by atoms with E-state index >= 15 is 0 Å². The van der Waals surface area contributed by atoms with Crippen molar-refractivity contribution in [2.75, 3.05) is 13.1 Å². The molecule has 1 atom stereocenters. The van der Waals surface area contributed by atoms with Crippen LogP contribution in [-0.2, 0) is 10.8 Å². The van der Waals surface area contributed by atoms with E-state index in [1.165, 1.54) is 5.56 Å². The number of benzene rings is 1. The van der Waals surface area contributed by atoms with E-state index in [9.17, 15) is 5.11 Å². The summed E-state index contributed by atoms with van der Waals surface area (Å²) in [5.41, 5.74) is 9.72. The maximum absolute atomic E-state index is 10.9. The molecule has 2 rings (SSSR count). The van der Waals surface area contributed by atoms with Crippen LogP contribution in [0.3, 0.4) is 0 Å². The van der Waals surface area contributed by atoms with Gasteiger partial charge in [-0.2, -0.15) is 0 Å². The second kappa shape index (κ2) is 6.45. The van der Waals surface area contributed by atoms with Gasteiger partial charge in [0.05, 0.1) is 0 Å². The molecule has 23 heavy (non-hydrogen) atoms. The minimum Gasteiger partial charge on any atom is -0.507 e. The summed E-state index contributed by atoms with van der Waals surface area (Å²) >= 11 is 0. The highest BCUT2D eigenvalue weighted by atomic mass is 16.3. The van der Waals surface area contributed by atoms with Gasteiger partial charge < -0.3 is 16.2 Å². The maximum atomic E-state index is 10.9. The number of aromatic hydroxyl groups is 1. The van der Waals surface area contributed by atoms with Crippen molar-refractivity contribution >= 4 is 0 Å². The van der Waals surface area contributed by atoms with Gasteiger partial charge >= 0.3 is 0 Å². The molecule has 1 aliphatic rings. The van der Waals surface area contributed by atoms with Crippen LogP contribution in [0.25, 0.3) is 0 Å². The average Bonchev–Trinajstić information content (AvgIpc) is 2.45. The standard InChI is InChI=1S/C20H34N2O/c1-19(2,3)14-11-15(17(21)13-7-9-22-10-8-13)18(23)16(12-14)20(4,5)6/h11-13,17,22-23H,7-10,21H2,1-6H3/t17-/m1/s1. The first-order valence-corrected chi connectivity index (χ1v) is 8.86. The number of piperidine rings is 1. The first-order chi connectivity index (χ1) is 10.5. The van der Waals surface area contributed by atoms with Crippen LogP contribution in [0.15, 0.2) is 12.1 Å². The molecule has 0 bridgehead atoms. The minimum atomic E-state index is -0.103. The fraction of sp³-hybridized carbons (Fsp3) is 0.700. The summed E-state index contributed by atoms with van der Waals surface area (Å²) in [6.07, 6.45) is 2.15. The van der Waals surface area contributed by atoms with Crippen molar-refractivity contribution in [1.82, 2.24) is 5.32 Å². The van der Waals surface area contributed by atoms with Crippen LogP contribution in [0.5, 0.6) is 5.75 Å². The zero-order chi connectivity index (χ0) is 17.4. The number of hydrogen-bond donors (Lipinski definition) is 3. The third-order valence-electron chi connectivity index (χ3n) is 5.06. The Bertz CT molecular complexity index is 546. The average molecular weight is 319 g/mol. The van der Waals surface area contributed by atoms with Crippen LogP contribution >= 0.6 is 0 Å². The lowest BCUT2D eigenvalue weighted by molar-refractivity contribution is 0.314. The summed E-state index contributed by atoms with van der Waals surface area (Å²) in [6, 6.07) is 4.20. The highest BCUT2D eigenvalue weighted by Crippen LogP contribution is 2.41. The first kappa shape index (κ1) is 18.3. The molecule has 1 heterocycles. The molecule has 3 nitrogen and oxygen atoms in total. The smallest absolute Gasteiger partial charge is 0.124 e. The van der Waals surface area contributed by atoms with Crippen molar-refractivity contribution in [2.24, 2.45) is 11.7 Å². The van der Waals surface area contributed by atoms with Crippen molar-refractivity contribution in [3.63, 3.8) is 0 Å². The van der Waals surface area contributed by atoms with E-state index in [1.54, 1.807) is 0 Å². The fourth-order valence-corrected chi connectivity index (χ4v) is 3.37. The van der Waals surface area contributed by atoms with Crippen LogP contribution < -0.4 is 11.1 Å². The second-order valence-electron chi connectivity index (χ2n) is 9.07. The van der Waals surface area contributed by atoms with Crippen LogP contribution in [0.1, 0.15) is 77.1 Å². The summed E-state index contributed by atoms with van der Waals surface area (Å²) in [5, 5.41) is 14.3. The topological polar surface area (TPSA) is 58.3 Å². The lowest BCUT2D eigenvalue weighted by atomic mass is 9.76. The van der Waals surface area contributed by atoms with E-state index in [0.717, 1.165) is 37.1 Å². The van der Waals surface area contributed by atoms with Gasteiger partial charge in [-0.3, -0.25) is 0 Å². The van der Waals surface area contributed by atoms with Gasteiger partial charge in [-0.15, -0.1) is 0 Å². The van der Waals surface area contributed by atoms with Gasteiger partial charge in [0.25, 0.3) is 0 Å². The molecular formula is C20H34N2O. The van der Waals surface area contributed by atoms with Crippen molar-refractivity contribution in [3.8, 4) is 5.75 Å². The lowest BCUT2D eigenvalue weighted by Gasteiger charge is -2.32. The summed E-state index contributed by atoms with van der Waals surface area (Å²) in [6.45, 7) is 15.1. The molecule has 0 saturated carbocycles. The molecule has 0 aromatic heterocycles. The molecule has 0 unspecified atom stereocenters. The van der Waals surface area contributed by atoms with E-state index in [1.807, 2.05) is 0 Å². The summed E-state index contributed by atoms with van der Waals surface area (Å²) in [5.74, 6) is 0.835. The van der Waals surface area contributed by atoms with E-state index in [4.69, 9.17) is 5.73 Å². The van der Waals surface area contributed by atoms with E-state index in [-0.39, 0.29) is 16.9 Å². The van der Waals surface area contributed by atoms with Crippen LogP contribution in [0.4, 0.5) is 0 Å². The molecule has 0 spiro atoms. The molecular weight excluding hydrogens is 284 g/mol. The van der Waals surface area contributed by atoms with Gasteiger partial charge in [-0.05, 0) is 59.9 Å². The first-order valence-electron chi connectivity index (χ1n) is 8.86. The Kier molecular flexibility index (Phi) is 5.12. The molecule has 0 amide bonds. The third kappa shape index (κ3) is 4.07. The zero-order valence-electron chi connectivity index (χ0n) is 15.7. The molecule has 1 fully saturated rings. The predicted octanol–water partition coefficient (Wildman–Crippen LogP) is 3.99. The number of hydrogen-bond acceptors (Lipinski definition) is 3. The summed E-state index contributed by atoms with van der Waals surface area (Å²) < 4.78 is 0. The monoisotopic (exact) mass is 318 g/mol. The number of rotatable bonds is 2. The van der Waals surface area contributed by atoms with Crippen LogP contribution in [0, 0.1) is 5.92 Å². The summed E-state index contributed by atoms with van der Waals surface area (Å²) in [4.78, 5) is 0. The van der Waals surface area contributed by atoms with E-state index in [2.05, 4.69) is 59.0 Å². The van der Waals surface area contributed by atoms with Gasteiger partial charge in [0.2, 0.25) is 0 Å². The third-order valence-corrected chi connectivity index (χ3v) is 5.06. The molecule has 0 radical (unpaired) electrons. The number of nitrogens with two attached hydrogens (primary N) is 1. The zero-order valence-corrected chi connectivity index (χ0v) is 15.7. The largest absolute Gasteiger partial charge is 0.507 e. The number of phenols is 1. The van der Waals surface area contributed by atoms with Gasteiger partial charge in [0.1, 0.15) is 5.75 Å². The second-order valence-corrected chi connectivity index (χ2v) is 9.07. The molecule has 1 saturated heterocycles. The lowest BCUT2D eigenvalue weighted by Crippen LogP contribution is -2.34. The Hall–Kier alpha value is -1.06.